The van der Waals surface area contributed by atoms with Crippen molar-refractivity contribution in [2.75, 3.05) is 18.1 Å². The molecule has 6 nitrogen and oxygen atoms in total. The Morgan fingerprint density at radius 3 is 2.35 bits per heavy atom. The van der Waals surface area contributed by atoms with Crippen LogP contribution in [0.4, 0.5) is 10.1 Å². The monoisotopic (exact) mass is 325 g/mol. The summed E-state index contributed by atoms with van der Waals surface area (Å²) in [4.78, 5) is 25.6. The first kappa shape index (κ1) is 17.4. The highest BCUT2D eigenvalue weighted by Gasteiger charge is 2.58. The molecule has 1 heterocycles. The zero-order chi connectivity index (χ0) is 17.4. The maximum Gasteiger partial charge on any atom is 0.339 e. The zero-order valence-electron chi connectivity index (χ0n) is 13.2. The number of ether oxygens (including phenoxy) is 1. The van der Waals surface area contributed by atoms with Crippen LogP contribution in [0.25, 0.3) is 0 Å². The standard InChI is InChI=1S/C16H20FNO5/c1-15(2,3)16(22,14(20)21)12-13(19)18(8-9-23-12)11-6-4-10(17)5-7-11/h4-7,12,22H,8-9H2,1-3H3,(H,20,21)/t12-,16+/m0/s1. The van der Waals surface area contributed by atoms with Crippen molar-refractivity contribution in [1.29, 1.82) is 0 Å². The molecule has 1 saturated heterocycles. The van der Waals surface area contributed by atoms with Crippen LogP contribution in [0.1, 0.15) is 20.8 Å². The lowest BCUT2D eigenvalue weighted by molar-refractivity contribution is -0.203. The minimum Gasteiger partial charge on any atom is -0.479 e. The molecule has 126 valence electrons. The topological polar surface area (TPSA) is 87.1 Å². The van der Waals surface area contributed by atoms with E-state index in [1.165, 1.54) is 49.9 Å². The fraction of sp³-hybridized carbons (Fsp3) is 0.500. The Bertz CT molecular complexity index is 610. The molecule has 0 radical (unpaired) electrons. The number of amides is 1. The molecule has 0 unspecified atom stereocenters. The highest BCUT2D eigenvalue weighted by atomic mass is 19.1. The number of aliphatic hydroxyl groups is 1. The third-order valence-corrected chi connectivity index (χ3v) is 4.08. The van der Waals surface area contributed by atoms with Crippen molar-refractivity contribution in [1.82, 2.24) is 0 Å². The maximum atomic E-state index is 13.0. The van der Waals surface area contributed by atoms with Gasteiger partial charge < -0.3 is 19.8 Å². The fourth-order valence-corrected chi connectivity index (χ4v) is 2.59. The Labute approximate surface area is 133 Å². The Morgan fingerprint density at radius 2 is 1.87 bits per heavy atom. The van der Waals surface area contributed by atoms with Gasteiger partial charge in [0.1, 0.15) is 5.82 Å². The van der Waals surface area contributed by atoms with Gasteiger partial charge in [0.2, 0.25) is 5.60 Å². The average Bonchev–Trinajstić information content (AvgIpc) is 2.46. The number of nitrogens with zero attached hydrogens (tertiary/aromatic N) is 1. The van der Waals surface area contributed by atoms with E-state index in [1.54, 1.807) is 0 Å². The number of halogens is 1. The van der Waals surface area contributed by atoms with Crippen LogP contribution in [-0.4, -0.2) is 46.9 Å². The third kappa shape index (κ3) is 2.94. The molecule has 2 rings (SSSR count). The van der Waals surface area contributed by atoms with Gasteiger partial charge in [0.15, 0.2) is 6.10 Å². The van der Waals surface area contributed by atoms with E-state index in [0.29, 0.717) is 5.69 Å². The minimum absolute atomic E-state index is 0.0689. The van der Waals surface area contributed by atoms with E-state index >= 15 is 0 Å². The highest BCUT2D eigenvalue weighted by molar-refractivity contribution is 6.01. The van der Waals surface area contributed by atoms with E-state index in [1.807, 2.05) is 0 Å². The molecule has 0 aliphatic carbocycles. The number of rotatable bonds is 3. The number of benzene rings is 1. The molecule has 2 atom stereocenters. The predicted molar refractivity (Wildman–Crippen MR) is 80.5 cm³/mol. The van der Waals surface area contributed by atoms with Gasteiger partial charge in [-0.15, -0.1) is 0 Å². The molecule has 23 heavy (non-hydrogen) atoms. The second kappa shape index (κ2) is 5.90. The number of morpholine rings is 1. The van der Waals surface area contributed by atoms with Gasteiger partial charge in [-0.25, -0.2) is 9.18 Å². The summed E-state index contributed by atoms with van der Waals surface area (Å²) in [5.74, 6) is -2.63. The van der Waals surface area contributed by atoms with E-state index in [9.17, 15) is 24.2 Å². The molecule has 7 heteroatoms. The largest absolute Gasteiger partial charge is 0.479 e. The maximum absolute atomic E-state index is 13.0. The van der Waals surface area contributed by atoms with Gasteiger partial charge in [0.05, 0.1) is 6.61 Å². The fourth-order valence-electron chi connectivity index (χ4n) is 2.59. The van der Waals surface area contributed by atoms with Gasteiger partial charge in [0, 0.05) is 17.6 Å². The first-order valence-electron chi connectivity index (χ1n) is 7.23. The first-order valence-corrected chi connectivity index (χ1v) is 7.23. The Kier molecular flexibility index (Phi) is 4.45. The molecule has 0 bridgehead atoms. The van der Waals surface area contributed by atoms with Gasteiger partial charge in [0.25, 0.3) is 5.91 Å². The molecular formula is C16H20FNO5. The van der Waals surface area contributed by atoms with E-state index in [2.05, 4.69) is 0 Å². The van der Waals surface area contributed by atoms with E-state index in [-0.39, 0.29) is 13.2 Å². The quantitative estimate of drug-likeness (QED) is 0.877. The van der Waals surface area contributed by atoms with E-state index in [4.69, 9.17) is 4.74 Å². The van der Waals surface area contributed by atoms with Crippen molar-refractivity contribution in [3.05, 3.63) is 30.1 Å². The molecule has 2 N–H and O–H groups in total. The molecule has 1 amide bonds. The van der Waals surface area contributed by atoms with E-state index < -0.39 is 34.8 Å². The lowest BCUT2D eigenvalue weighted by Gasteiger charge is -2.44. The van der Waals surface area contributed by atoms with Crippen molar-refractivity contribution >= 4 is 17.6 Å². The van der Waals surface area contributed by atoms with Crippen molar-refractivity contribution in [3.8, 4) is 0 Å². The minimum atomic E-state index is -2.39. The molecular weight excluding hydrogens is 305 g/mol. The number of hydrogen-bond acceptors (Lipinski definition) is 4. The van der Waals surface area contributed by atoms with Crippen molar-refractivity contribution in [2.45, 2.75) is 32.5 Å². The lowest BCUT2D eigenvalue weighted by atomic mass is 9.72. The number of hydrogen-bond donors (Lipinski definition) is 2. The molecule has 1 aliphatic heterocycles. The normalized spacial score (nSPS) is 21.9. The molecule has 1 fully saturated rings. The summed E-state index contributed by atoms with van der Waals surface area (Å²) in [5.41, 5.74) is -3.10. The Hall–Kier alpha value is -1.99. The SMILES string of the molecule is CC(C)(C)[C@](O)(C(=O)O)[C@H]1OCCN(c2ccc(F)cc2)C1=O. The summed E-state index contributed by atoms with van der Waals surface area (Å²) in [6, 6.07) is 5.26. The Morgan fingerprint density at radius 1 is 1.30 bits per heavy atom. The lowest BCUT2D eigenvalue weighted by Crippen LogP contribution is -2.66. The third-order valence-electron chi connectivity index (χ3n) is 4.08. The van der Waals surface area contributed by atoms with Crippen LogP contribution in [0, 0.1) is 11.2 Å². The summed E-state index contributed by atoms with van der Waals surface area (Å²) in [6.07, 6.45) is -1.54. The molecule has 1 aliphatic rings. The number of carbonyl (C=O) groups is 2. The van der Waals surface area contributed by atoms with Crippen LogP contribution in [0.15, 0.2) is 24.3 Å². The van der Waals surface area contributed by atoms with Crippen LogP contribution >= 0.6 is 0 Å². The molecule has 0 saturated carbocycles. The van der Waals surface area contributed by atoms with E-state index in [0.717, 1.165) is 0 Å². The van der Waals surface area contributed by atoms with Crippen LogP contribution in [0.2, 0.25) is 0 Å². The molecule has 1 aromatic rings. The summed E-state index contributed by atoms with van der Waals surface area (Å²) in [5, 5.41) is 20.2. The number of carboxylic acids is 1. The Balaban J connectivity index is 2.39. The predicted octanol–water partition coefficient (Wildman–Crippen LogP) is 1.42. The number of anilines is 1. The van der Waals surface area contributed by atoms with Gasteiger partial charge in [-0.05, 0) is 24.3 Å². The smallest absolute Gasteiger partial charge is 0.339 e. The van der Waals surface area contributed by atoms with Crippen molar-refractivity contribution in [2.24, 2.45) is 5.41 Å². The average molecular weight is 325 g/mol. The first-order chi connectivity index (χ1) is 10.6. The summed E-state index contributed by atoms with van der Waals surface area (Å²) < 4.78 is 18.4. The van der Waals surface area contributed by atoms with Gasteiger partial charge >= 0.3 is 5.97 Å². The van der Waals surface area contributed by atoms with Crippen molar-refractivity contribution in [3.63, 3.8) is 0 Å². The van der Waals surface area contributed by atoms with Crippen LogP contribution in [-0.2, 0) is 14.3 Å². The number of carboxylic acid groups (broad SMARTS) is 1. The summed E-state index contributed by atoms with van der Waals surface area (Å²) in [7, 11) is 0. The summed E-state index contributed by atoms with van der Waals surface area (Å²) >= 11 is 0. The second-order valence-corrected chi connectivity index (χ2v) is 6.54. The second-order valence-electron chi connectivity index (χ2n) is 6.54. The van der Waals surface area contributed by atoms with Gasteiger partial charge in [-0.3, -0.25) is 4.79 Å². The highest BCUT2D eigenvalue weighted by Crippen LogP contribution is 2.37. The molecule has 0 spiro atoms. The van der Waals surface area contributed by atoms with Crippen LogP contribution in [0.5, 0.6) is 0 Å². The number of aliphatic carboxylic acids is 1. The number of carbonyl (C=O) groups excluding carboxylic acids is 1. The van der Waals surface area contributed by atoms with Crippen molar-refractivity contribution < 1.29 is 28.9 Å². The molecule has 1 aromatic carbocycles. The van der Waals surface area contributed by atoms with Crippen LogP contribution < -0.4 is 4.90 Å². The van der Waals surface area contributed by atoms with Crippen LogP contribution in [0.3, 0.4) is 0 Å². The molecule has 0 aromatic heterocycles. The van der Waals surface area contributed by atoms with Gasteiger partial charge in [-0.2, -0.15) is 0 Å². The summed E-state index contributed by atoms with van der Waals surface area (Å²) in [6.45, 7) is 4.83. The van der Waals surface area contributed by atoms with Gasteiger partial charge in [-0.1, -0.05) is 20.8 Å². The zero-order valence-corrected chi connectivity index (χ0v) is 13.2.